The lowest BCUT2D eigenvalue weighted by Gasteiger charge is -1.90. The van der Waals surface area contributed by atoms with E-state index in [0.717, 1.165) is 0 Å². The van der Waals surface area contributed by atoms with E-state index in [9.17, 15) is 19.2 Å². The SMILES string of the molecule is CC(=O)CCCC(C)=O.CC(C)=O.CC(C)=O.NCN. The number of nitrogens with two attached hydrogens (primary N) is 2. The zero-order chi connectivity index (χ0) is 17.1. The van der Waals surface area contributed by atoms with Crippen LogP contribution in [0.15, 0.2) is 0 Å². The minimum Gasteiger partial charge on any atom is -0.319 e. The van der Waals surface area contributed by atoms with Crippen molar-refractivity contribution in [1.29, 1.82) is 0 Å². The Hall–Kier alpha value is -1.40. The van der Waals surface area contributed by atoms with Crippen molar-refractivity contribution in [3.63, 3.8) is 0 Å². The van der Waals surface area contributed by atoms with Crippen molar-refractivity contribution in [1.82, 2.24) is 0 Å². The van der Waals surface area contributed by atoms with Crippen LogP contribution in [0.5, 0.6) is 0 Å². The number of ketones is 4. The van der Waals surface area contributed by atoms with Gasteiger partial charge < -0.3 is 30.6 Å². The average Bonchev–Trinajstić information content (AvgIpc) is 2.15. The molecule has 0 aliphatic rings. The fourth-order valence-corrected chi connectivity index (χ4v) is 0.586. The number of Topliss-reactive ketones (excluding diaryl/α,β-unsaturated/α-hetero) is 4. The molecule has 0 aliphatic heterocycles. The van der Waals surface area contributed by atoms with Gasteiger partial charge in [-0.3, -0.25) is 0 Å². The summed E-state index contributed by atoms with van der Waals surface area (Å²) >= 11 is 0. The molecule has 0 aliphatic carbocycles. The summed E-state index contributed by atoms with van der Waals surface area (Å²) < 4.78 is 0. The smallest absolute Gasteiger partial charge is 0.129 e. The molecule has 0 rings (SSSR count). The van der Waals surface area contributed by atoms with Gasteiger partial charge in [-0.2, -0.15) is 0 Å². The Morgan fingerprint density at radius 2 is 0.800 bits per heavy atom. The zero-order valence-corrected chi connectivity index (χ0v) is 13.6. The highest BCUT2D eigenvalue weighted by molar-refractivity contribution is 5.78. The maximum atomic E-state index is 10.3. The minimum atomic E-state index is 0.163. The molecular formula is C14H30N2O4. The quantitative estimate of drug-likeness (QED) is 0.755. The van der Waals surface area contributed by atoms with E-state index in [2.05, 4.69) is 11.5 Å². The van der Waals surface area contributed by atoms with E-state index in [0.29, 0.717) is 19.3 Å². The molecule has 0 aromatic rings. The van der Waals surface area contributed by atoms with Gasteiger partial charge in [-0.1, -0.05) is 0 Å². The molecule has 0 aromatic heterocycles. The van der Waals surface area contributed by atoms with Gasteiger partial charge in [0, 0.05) is 19.5 Å². The molecule has 0 unspecified atom stereocenters. The van der Waals surface area contributed by atoms with Gasteiger partial charge in [0.2, 0.25) is 0 Å². The van der Waals surface area contributed by atoms with Gasteiger partial charge in [0.15, 0.2) is 0 Å². The van der Waals surface area contributed by atoms with Crippen LogP contribution in [-0.2, 0) is 19.2 Å². The van der Waals surface area contributed by atoms with Crippen LogP contribution >= 0.6 is 0 Å². The first kappa shape index (κ1) is 27.0. The molecule has 0 saturated carbocycles. The van der Waals surface area contributed by atoms with Crippen LogP contribution in [0.4, 0.5) is 0 Å². The molecule has 0 spiro atoms. The Morgan fingerprint density at radius 1 is 0.650 bits per heavy atom. The van der Waals surface area contributed by atoms with Crippen molar-refractivity contribution >= 4 is 23.1 Å². The topological polar surface area (TPSA) is 120 Å². The maximum absolute atomic E-state index is 10.3. The Morgan fingerprint density at radius 3 is 0.900 bits per heavy atom. The van der Waals surface area contributed by atoms with Gasteiger partial charge in [-0.15, -0.1) is 0 Å². The first-order chi connectivity index (χ1) is 9.00. The van der Waals surface area contributed by atoms with Crippen LogP contribution in [0.3, 0.4) is 0 Å². The maximum Gasteiger partial charge on any atom is 0.129 e. The van der Waals surface area contributed by atoms with Crippen molar-refractivity contribution in [3.05, 3.63) is 0 Å². The molecule has 0 radical (unpaired) electrons. The Bertz CT molecular complexity index is 242. The molecule has 0 fully saturated rings. The van der Waals surface area contributed by atoms with Crippen LogP contribution in [0.1, 0.15) is 60.8 Å². The molecule has 0 bridgehead atoms. The van der Waals surface area contributed by atoms with Crippen LogP contribution in [-0.4, -0.2) is 29.8 Å². The summed E-state index contributed by atoms with van der Waals surface area (Å²) in [6, 6.07) is 0. The molecule has 20 heavy (non-hydrogen) atoms. The highest BCUT2D eigenvalue weighted by atomic mass is 16.1. The van der Waals surface area contributed by atoms with E-state index in [1.165, 1.54) is 27.7 Å². The van der Waals surface area contributed by atoms with Crippen LogP contribution in [0, 0.1) is 0 Å². The van der Waals surface area contributed by atoms with Gasteiger partial charge >= 0.3 is 0 Å². The number of hydrogen-bond acceptors (Lipinski definition) is 6. The monoisotopic (exact) mass is 290 g/mol. The third-order valence-corrected chi connectivity index (χ3v) is 1.06. The third-order valence-electron chi connectivity index (χ3n) is 1.06. The van der Waals surface area contributed by atoms with Gasteiger partial charge in [-0.25, -0.2) is 0 Å². The number of hydrogen-bond donors (Lipinski definition) is 2. The van der Waals surface area contributed by atoms with E-state index in [4.69, 9.17) is 0 Å². The molecule has 0 aromatic carbocycles. The fourth-order valence-electron chi connectivity index (χ4n) is 0.586. The number of carbonyl (C=O) groups excluding carboxylic acids is 4. The van der Waals surface area contributed by atoms with Gasteiger partial charge in [0.25, 0.3) is 0 Å². The van der Waals surface area contributed by atoms with Crippen LogP contribution in [0.25, 0.3) is 0 Å². The molecule has 6 nitrogen and oxygen atoms in total. The standard InChI is InChI=1S/C7H12O2.2C3H6O.CH6N2/c1-6(8)4-3-5-7(2)9;2*1-3(2)4;2-1-3/h3-5H2,1-2H3;2*1-2H3;1-3H2. The van der Waals surface area contributed by atoms with E-state index >= 15 is 0 Å². The lowest BCUT2D eigenvalue weighted by molar-refractivity contribution is -0.118. The Balaban J connectivity index is -0.0000000976. The van der Waals surface area contributed by atoms with Crippen molar-refractivity contribution in [2.75, 3.05) is 6.67 Å². The molecule has 0 heterocycles. The molecule has 4 N–H and O–H groups in total. The van der Waals surface area contributed by atoms with Crippen molar-refractivity contribution in [3.8, 4) is 0 Å². The van der Waals surface area contributed by atoms with E-state index in [1.54, 1.807) is 13.8 Å². The van der Waals surface area contributed by atoms with Crippen LogP contribution < -0.4 is 11.5 Å². The minimum absolute atomic E-state index is 0.163. The first-order valence-corrected chi connectivity index (χ1v) is 6.34. The second-order valence-electron chi connectivity index (χ2n) is 4.31. The summed E-state index contributed by atoms with van der Waals surface area (Å²) in [6.45, 7) is 9.44. The van der Waals surface area contributed by atoms with Gasteiger partial charge in [-0.05, 0) is 48.0 Å². The Kier molecular flexibility index (Phi) is 30.7. The summed E-state index contributed by atoms with van der Waals surface area (Å²) in [5.74, 6) is 0.660. The Labute approximate surface area is 122 Å². The highest BCUT2D eigenvalue weighted by Gasteiger charge is 1.95. The first-order valence-electron chi connectivity index (χ1n) is 6.34. The fraction of sp³-hybridized carbons (Fsp3) is 0.714. The molecule has 120 valence electrons. The third kappa shape index (κ3) is 191. The van der Waals surface area contributed by atoms with E-state index in [-0.39, 0.29) is 29.8 Å². The van der Waals surface area contributed by atoms with E-state index < -0.39 is 0 Å². The molecule has 0 saturated heterocycles. The summed E-state index contributed by atoms with van der Waals surface area (Å²) in [6.07, 6.45) is 1.80. The predicted molar refractivity (Wildman–Crippen MR) is 81.2 cm³/mol. The predicted octanol–water partition coefficient (Wildman–Crippen LogP) is 1.39. The second kappa shape index (κ2) is 22.8. The van der Waals surface area contributed by atoms with E-state index in [1.807, 2.05) is 0 Å². The molecule has 0 atom stereocenters. The normalized spacial score (nSPS) is 7.60. The average molecular weight is 290 g/mol. The lowest BCUT2D eigenvalue weighted by Crippen LogP contribution is -2.08. The molecular weight excluding hydrogens is 260 g/mol. The van der Waals surface area contributed by atoms with Crippen molar-refractivity contribution in [2.45, 2.75) is 60.8 Å². The number of carbonyl (C=O) groups is 4. The summed E-state index contributed by atoms with van der Waals surface area (Å²) in [5.41, 5.74) is 9.25. The molecule has 0 amide bonds. The van der Waals surface area contributed by atoms with Gasteiger partial charge in [0.05, 0.1) is 0 Å². The second-order valence-corrected chi connectivity index (χ2v) is 4.31. The summed E-state index contributed by atoms with van der Waals surface area (Å²) in [4.78, 5) is 39.5. The zero-order valence-electron chi connectivity index (χ0n) is 13.6. The largest absolute Gasteiger partial charge is 0.319 e. The highest BCUT2D eigenvalue weighted by Crippen LogP contribution is 1.95. The van der Waals surface area contributed by atoms with Gasteiger partial charge in [0.1, 0.15) is 23.1 Å². The van der Waals surface area contributed by atoms with Crippen molar-refractivity contribution in [2.24, 2.45) is 11.5 Å². The molecule has 6 heteroatoms. The van der Waals surface area contributed by atoms with Crippen molar-refractivity contribution < 1.29 is 19.2 Å². The summed E-state index contributed by atoms with van der Waals surface area (Å²) in [5, 5.41) is 0. The van der Waals surface area contributed by atoms with Crippen LogP contribution in [0.2, 0.25) is 0 Å². The number of rotatable bonds is 4. The summed E-state index contributed by atoms with van der Waals surface area (Å²) in [7, 11) is 0. The lowest BCUT2D eigenvalue weighted by atomic mass is 10.1.